The Balaban J connectivity index is 1.95. The predicted molar refractivity (Wildman–Crippen MR) is 86.2 cm³/mol. The standard InChI is InChI=1S/C18H23NO3/c1-13-7-9-16(10-8-13)19-17(20)12-15(18(21)22)11-14-5-3-2-4-6-14/h2-6,11,13,16H,7-10,12H2,1H3,(H,19,20)(H,21,22)/b15-11+. The maximum atomic E-state index is 12.1. The van der Waals surface area contributed by atoms with Gasteiger partial charge in [0.15, 0.2) is 0 Å². The molecule has 4 nitrogen and oxygen atoms in total. The van der Waals surface area contributed by atoms with E-state index in [9.17, 15) is 14.7 Å². The van der Waals surface area contributed by atoms with Crippen LogP contribution < -0.4 is 5.32 Å². The van der Waals surface area contributed by atoms with Crippen LogP contribution in [0.1, 0.15) is 44.6 Å². The minimum atomic E-state index is -1.05. The summed E-state index contributed by atoms with van der Waals surface area (Å²) in [7, 11) is 0. The summed E-state index contributed by atoms with van der Waals surface area (Å²) in [5.41, 5.74) is 0.909. The number of hydrogen-bond donors (Lipinski definition) is 2. The van der Waals surface area contributed by atoms with E-state index in [-0.39, 0.29) is 23.9 Å². The first kappa shape index (κ1) is 16.3. The van der Waals surface area contributed by atoms with Gasteiger partial charge in [-0.25, -0.2) is 4.79 Å². The van der Waals surface area contributed by atoms with E-state index in [1.54, 1.807) is 6.08 Å². The molecule has 0 spiro atoms. The van der Waals surface area contributed by atoms with E-state index in [0.29, 0.717) is 0 Å². The van der Waals surface area contributed by atoms with Gasteiger partial charge in [0.05, 0.1) is 6.42 Å². The summed E-state index contributed by atoms with van der Waals surface area (Å²) >= 11 is 0. The molecule has 0 aliphatic heterocycles. The Bertz CT molecular complexity index is 543. The molecule has 0 saturated heterocycles. The number of benzene rings is 1. The number of carboxylic acid groups (broad SMARTS) is 1. The zero-order valence-corrected chi connectivity index (χ0v) is 12.9. The van der Waals surface area contributed by atoms with Crippen LogP contribution >= 0.6 is 0 Å². The fourth-order valence-electron chi connectivity index (χ4n) is 2.79. The number of carboxylic acids is 1. The van der Waals surface area contributed by atoms with E-state index in [2.05, 4.69) is 12.2 Å². The molecule has 1 aliphatic carbocycles. The summed E-state index contributed by atoms with van der Waals surface area (Å²) in [6.45, 7) is 2.23. The van der Waals surface area contributed by atoms with Crippen molar-refractivity contribution in [1.82, 2.24) is 5.32 Å². The number of nitrogens with one attached hydrogen (secondary N) is 1. The highest BCUT2D eigenvalue weighted by molar-refractivity contribution is 5.98. The van der Waals surface area contributed by atoms with Crippen molar-refractivity contribution in [2.24, 2.45) is 5.92 Å². The number of carbonyl (C=O) groups excluding carboxylic acids is 1. The lowest BCUT2D eigenvalue weighted by Gasteiger charge is -2.26. The summed E-state index contributed by atoms with van der Waals surface area (Å²) in [5.74, 6) is -0.527. The minimum absolute atomic E-state index is 0.0870. The Labute approximate surface area is 131 Å². The molecule has 1 aromatic rings. The first-order valence-corrected chi connectivity index (χ1v) is 7.83. The van der Waals surface area contributed by atoms with Crippen molar-refractivity contribution >= 4 is 18.0 Å². The number of aliphatic carboxylic acids is 1. The monoisotopic (exact) mass is 301 g/mol. The molecule has 22 heavy (non-hydrogen) atoms. The number of carbonyl (C=O) groups is 2. The Kier molecular flexibility index (Phi) is 5.75. The molecule has 1 saturated carbocycles. The fraction of sp³-hybridized carbons (Fsp3) is 0.444. The first-order valence-electron chi connectivity index (χ1n) is 7.83. The summed E-state index contributed by atoms with van der Waals surface area (Å²) < 4.78 is 0. The van der Waals surface area contributed by atoms with Crippen LogP contribution in [-0.4, -0.2) is 23.0 Å². The molecule has 0 heterocycles. The van der Waals surface area contributed by atoms with Crippen molar-refractivity contribution in [3.8, 4) is 0 Å². The highest BCUT2D eigenvalue weighted by atomic mass is 16.4. The molecule has 2 N–H and O–H groups in total. The Morgan fingerprint density at radius 1 is 1.18 bits per heavy atom. The molecule has 4 heteroatoms. The third-order valence-corrected chi connectivity index (χ3v) is 4.15. The number of amides is 1. The third-order valence-electron chi connectivity index (χ3n) is 4.15. The SMILES string of the molecule is CC1CCC(NC(=O)C/C(=C\c2ccccc2)C(=O)O)CC1. The Morgan fingerprint density at radius 2 is 1.82 bits per heavy atom. The molecule has 1 fully saturated rings. The van der Waals surface area contributed by atoms with Crippen molar-refractivity contribution in [3.05, 3.63) is 41.5 Å². The van der Waals surface area contributed by atoms with Crippen LogP contribution in [-0.2, 0) is 9.59 Å². The van der Waals surface area contributed by atoms with Gasteiger partial charge in [0, 0.05) is 11.6 Å². The van der Waals surface area contributed by atoms with E-state index in [1.165, 1.54) is 0 Å². The Hall–Kier alpha value is -2.10. The zero-order chi connectivity index (χ0) is 15.9. The highest BCUT2D eigenvalue weighted by Crippen LogP contribution is 2.23. The van der Waals surface area contributed by atoms with Crippen LogP contribution in [0.4, 0.5) is 0 Å². The van der Waals surface area contributed by atoms with Gasteiger partial charge in [-0.1, -0.05) is 37.3 Å². The quantitative estimate of drug-likeness (QED) is 0.820. The average Bonchev–Trinajstić information content (AvgIpc) is 2.50. The minimum Gasteiger partial charge on any atom is -0.478 e. The van der Waals surface area contributed by atoms with E-state index < -0.39 is 5.97 Å². The molecule has 0 atom stereocenters. The van der Waals surface area contributed by atoms with Crippen molar-refractivity contribution in [2.75, 3.05) is 0 Å². The van der Waals surface area contributed by atoms with Gasteiger partial charge in [0.1, 0.15) is 0 Å². The molecule has 1 aromatic carbocycles. The van der Waals surface area contributed by atoms with Crippen LogP contribution in [0.25, 0.3) is 6.08 Å². The van der Waals surface area contributed by atoms with Crippen LogP contribution in [0, 0.1) is 5.92 Å². The molecule has 1 aliphatic rings. The molecule has 0 bridgehead atoms. The predicted octanol–water partition coefficient (Wildman–Crippen LogP) is 3.24. The van der Waals surface area contributed by atoms with E-state index in [1.807, 2.05) is 30.3 Å². The molecular weight excluding hydrogens is 278 g/mol. The summed E-state index contributed by atoms with van der Waals surface area (Å²) in [6.07, 6.45) is 5.68. The van der Waals surface area contributed by atoms with Gasteiger partial charge in [-0.15, -0.1) is 0 Å². The van der Waals surface area contributed by atoms with E-state index in [0.717, 1.165) is 37.2 Å². The summed E-state index contributed by atoms with van der Waals surface area (Å²) in [4.78, 5) is 23.4. The van der Waals surface area contributed by atoms with Crippen molar-refractivity contribution in [1.29, 1.82) is 0 Å². The van der Waals surface area contributed by atoms with Gasteiger partial charge in [0.2, 0.25) is 5.91 Å². The second-order valence-electron chi connectivity index (χ2n) is 6.09. The summed E-state index contributed by atoms with van der Waals surface area (Å²) in [6, 6.07) is 9.39. The molecule has 0 aromatic heterocycles. The van der Waals surface area contributed by atoms with Crippen molar-refractivity contribution in [2.45, 2.75) is 45.1 Å². The van der Waals surface area contributed by atoms with Gasteiger partial charge in [0.25, 0.3) is 0 Å². The van der Waals surface area contributed by atoms with Gasteiger partial charge in [-0.3, -0.25) is 4.79 Å². The van der Waals surface area contributed by atoms with Crippen LogP contribution in [0.5, 0.6) is 0 Å². The molecule has 0 radical (unpaired) electrons. The lowest BCUT2D eigenvalue weighted by Crippen LogP contribution is -2.37. The van der Waals surface area contributed by atoms with Crippen molar-refractivity contribution in [3.63, 3.8) is 0 Å². The third kappa shape index (κ3) is 5.02. The largest absolute Gasteiger partial charge is 0.478 e. The van der Waals surface area contributed by atoms with Gasteiger partial charge >= 0.3 is 5.97 Å². The fourth-order valence-corrected chi connectivity index (χ4v) is 2.79. The van der Waals surface area contributed by atoms with Gasteiger partial charge in [-0.05, 0) is 43.2 Å². The lowest BCUT2D eigenvalue weighted by atomic mass is 9.87. The van der Waals surface area contributed by atoms with Crippen LogP contribution in [0.3, 0.4) is 0 Å². The molecule has 2 rings (SSSR count). The normalized spacial score (nSPS) is 22.1. The van der Waals surface area contributed by atoms with Crippen LogP contribution in [0.15, 0.2) is 35.9 Å². The number of hydrogen-bond acceptors (Lipinski definition) is 2. The van der Waals surface area contributed by atoms with Gasteiger partial charge in [-0.2, -0.15) is 0 Å². The number of rotatable bonds is 5. The molecular formula is C18H23NO3. The van der Waals surface area contributed by atoms with E-state index >= 15 is 0 Å². The second kappa shape index (κ2) is 7.78. The topological polar surface area (TPSA) is 66.4 Å². The zero-order valence-electron chi connectivity index (χ0n) is 12.9. The van der Waals surface area contributed by atoms with Gasteiger partial charge < -0.3 is 10.4 Å². The highest BCUT2D eigenvalue weighted by Gasteiger charge is 2.21. The maximum absolute atomic E-state index is 12.1. The lowest BCUT2D eigenvalue weighted by molar-refractivity contribution is -0.134. The molecule has 1 amide bonds. The molecule has 118 valence electrons. The molecule has 0 unspecified atom stereocenters. The average molecular weight is 301 g/mol. The first-order chi connectivity index (χ1) is 10.5. The van der Waals surface area contributed by atoms with Crippen LogP contribution in [0.2, 0.25) is 0 Å². The maximum Gasteiger partial charge on any atom is 0.332 e. The van der Waals surface area contributed by atoms with Crippen molar-refractivity contribution < 1.29 is 14.7 Å². The second-order valence-corrected chi connectivity index (χ2v) is 6.09. The summed E-state index contributed by atoms with van der Waals surface area (Å²) in [5, 5.41) is 12.2. The Morgan fingerprint density at radius 3 is 2.41 bits per heavy atom. The smallest absolute Gasteiger partial charge is 0.332 e. The van der Waals surface area contributed by atoms with E-state index in [4.69, 9.17) is 0 Å².